The number of aliphatic carboxylic acids is 1. The molecule has 0 unspecified atom stereocenters. The highest BCUT2D eigenvalue weighted by Gasteiger charge is 2.33. The number of halogens is 2. The number of benzene rings is 1. The number of carbonyl (C=O) groups excluding carboxylic acids is 1. The number of carboxylic acids is 1. The van der Waals surface area contributed by atoms with Crippen LogP contribution in [0.5, 0.6) is 0 Å². The first kappa shape index (κ1) is 20.8. The number of carbonyl (C=O) groups is 2. The summed E-state index contributed by atoms with van der Waals surface area (Å²) in [5, 5.41) is 13.4. The highest BCUT2D eigenvalue weighted by Crippen LogP contribution is 2.34. The molecule has 3 heterocycles. The Hall–Kier alpha value is -3.44. The molecule has 3 aromatic rings. The molecule has 1 saturated heterocycles. The lowest BCUT2D eigenvalue weighted by Crippen LogP contribution is -2.33. The quantitative estimate of drug-likeness (QED) is 0.463. The molecule has 11 heteroatoms. The fraction of sp³-hybridized carbons (Fsp3) is 0.0500. The van der Waals surface area contributed by atoms with Gasteiger partial charge in [0.05, 0.1) is 4.91 Å². The van der Waals surface area contributed by atoms with Gasteiger partial charge in [0.25, 0.3) is 5.91 Å². The number of hydrogen-bond acceptors (Lipinski definition) is 6. The van der Waals surface area contributed by atoms with Gasteiger partial charge >= 0.3 is 5.97 Å². The Morgan fingerprint density at radius 2 is 2.10 bits per heavy atom. The van der Waals surface area contributed by atoms with Crippen LogP contribution < -0.4 is 0 Å². The van der Waals surface area contributed by atoms with Gasteiger partial charge in [-0.1, -0.05) is 24.0 Å². The lowest BCUT2D eigenvalue weighted by Gasteiger charge is -2.10. The summed E-state index contributed by atoms with van der Waals surface area (Å²) in [6, 6.07) is 6.55. The van der Waals surface area contributed by atoms with Crippen molar-refractivity contribution in [1.82, 2.24) is 19.7 Å². The molecular formula is C20H12F2N4O3S2. The van der Waals surface area contributed by atoms with Gasteiger partial charge in [-0.25, -0.2) is 13.5 Å². The van der Waals surface area contributed by atoms with E-state index in [2.05, 4.69) is 10.1 Å². The Morgan fingerprint density at radius 1 is 1.29 bits per heavy atom. The minimum absolute atomic E-state index is 0.0182. The predicted molar refractivity (Wildman–Crippen MR) is 114 cm³/mol. The number of nitrogens with zero attached hydrogens (tertiary/aromatic N) is 4. The van der Waals surface area contributed by atoms with E-state index in [-0.39, 0.29) is 14.9 Å². The third-order valence-electron chi connectivity index (χ3n) is 4.29. The van der Waals surface area contributed by atoms with Crippen molar-refractivity contribution in [2.24, 2.45) is 0 Å². The van der Waals surface area contributed by atoms with Gasteiger partial charge in [0.2, 0.25) is 0 Å². The molecule has 31 heavy (non-hydrogen) atoms. The highest BCUT2D eigenvalue weighted by atomic mass is 32.2. The van der Waals surface area contributed by atoms with Crippen molar-refractivity contribution in [1.29, 1.82) is 0 Å². The van der Waals surface area contributed by atoms with Crippen LogP contribution in [0.3, 0.4) is 0 Å². The van der Waals surface area contributed by atoms with E-state index in [9.17, 15) is 18.4 Å². The molecule has 1 fully saturated rings. The molecule has 0 bridgehead atoms. The van der Waals surface area contributed by atoms with E-state index in [4.69, 9.17) is 17.3 Å². The van der Waals surface area contributed by atoms with Crippen LogP contribution in [0, 0.1) is 11.6 Å². The third-order valence-corrected chi connectivity index (χ3v) is 5.67. The van der Waals surface area contributed by atoms with Crippen LogP contribution >= 0.6 is 24.0 Å². The fourth-order valence-corrected chi connectivity index (χ4v) is 4.17. The number of thiocarbonyl (C=S) groups is 1. The zero-order chi connectivity index (χ0) is 22.1. The first-order valence-corrected chi connectivity index (χ1v) is 9.98. The van der Waals surface area contributed by atoms with Crippen LogP contribution in [-0.4, -0.2) is 47.5 Å². The number of rotatable bonds is 5. The van der Waals surface area contributed by atoms with Crippen molar-refractivity contribution in [3.63, 3.8) is 0 Å². The molecule has 1 aliphatic rings. The lowest BCUT2D eigenvalue weighted by atomic mass is 10.1. The van der Waals surface area contributed by atoms with Crippen LogP contribution in [0.2, 0.25) is 0 Å². The minimum atomic E-state index is -1.19. The highest BCUT2D eigenvalue weighted by molar-refractivity contribution is 8.26. The van der Waals surface area contributed by atoms with Crippen LogP contribution in [-0.2, 0) is 9.59 Å². The summed E-state index contributed by atoms with van der Waals surface area (Å²) in [4.78, 5) is 28.9. The Morgan fingerprint density at radius 3 is 2.77 bits per heavy atom. The first-order chi connectivity index (χ1) is 14.8. The third kappa shape index (κ3) is 4.23. The topological polar surface area (TPSA) is 88.3 Å². The largest absolute Gasteiger partial charge is 0.480 e. The van der Waals surface area contributed by atoms with Crippen molar-refractivity contribution >= 4 is 46.3 Å². The molecule has 0 spiro atoms. The Labute approximate surface area is 184 Å². The molecule has 7 nitrogen and oxygen atoms in total. The van der Waals surface area contributed by atoms with Gasteiger partial charge in [-0.15, -0.1) is 0 Å². The van der Waals surface area contributed by atoms with Gasteiger partial charge in [0.15, 0.2) is 5.82 Å². The number of carboxylic acid groups (broad SMARTS) is 1. The lowest BCUT2D eigenvalue weighted by molar-refractivity contribution is -0.140. The number of thioether (sulfide) groups is 1. The van der Waals surface area contributed by atoms with Gasteiger partial charge in [0, 0.05) is 35.8 Å². The van der Waals surface area contributed by atoms with Gasteiger partial charge in [-0.05, 0) is 30.3 Å². The second-order valence-electron chi connectivity index (χ2n) is 6.38. The van der Waals surface area contributed by atoms with Gasteiger partial charge in [0.1, 0.15) is 28.1 Å². The van der Waals surface area contributed by atoms with E-state index in [1.165, 1.54) is 23.0 Å². The average Bonchev–Trinajstić information content (AvgIpc) is 3.25. The zero-order valence-electron chi connectivity index (χ0n) is 15.5. The molecule has 156 valence electrons. The van der Waals surface area contributed by atoms with Gasteiger partial charge in [-0.2, -0.15) is 5.10 Å². The van der Waals surface area contributed by atoms with Crippen LogP contribution in [0.1, 0.15) is 5.56 Å². The summed E-state index contributed by atoms with van der Waals surface area (Å²) in [6.07, 6.45) is 6.13. The molecule has 1 aromatic carbocycles. The molecule has 1 N–H and O–H groups in total. The van der Waals surface area contributed by atoms with Crippen LogP contribution in [0.4, 0.5) is 8.78 Å². The van der Waals surface area contributed by atoms with Gasteiger partial charge in [-0.3, -0.25) is 19.5 Å². The summed E-state index contributed by atoms with van der Waals surface area (Å²) >= 11 is 6.08. The van der Waals surface area contributed by atoms with Crippen molar-refractivity contribution in [2.45, 2.75) is 0 Å². The SMILES string of the molecule is O=C(O)CN1C(=O)/C(=C\c2cn(-c3ccc(F)cc3F)nc2-c2cccnc2)SC1=S. The number of pyridine rings is 1. The van der Waals surface area contributed by atoms with Gasteiger partial charge < -0.3 is 5.11 Å². The van der Waals surface area contributed by atoms with E-state index >= 15 is 0 Å². The van der Waals surface area contributed by atoms with E-state index in [0.717, 1.165) is 28.8 Å². The van der Waals surface area contributed by atoms with Crippen LogP contribution in [0.25, 0.3) is 23.0 Å². The summed E-state index contributed by atoms with van der Waals surface area (Å²) in [6.45, 7) is -0.544. The Bertz CT molecular complexity index is 1240. The molecule has 1 aliphatic heterocycles. The average molecular weight is 458 g/mol. The molecule has 2 aromatic heterocycles. The zero-order valence-corrected chi connectivity index (χ0v) is 17.2. The van der Waals surface area contributed by atoms with E-state index in [0.29, 0.717) is 16.8 Å². The maximum atomic E-state index is 14.3. The molecule has 1 amide bonds. The second-order valence-corrected chi connectivity index (χ2v) is 8.05. The summed E-state index contributed by atoms with van der Waals surface area (Å²) < 4.78 is 29.0. The fourth-order valence-electron chi connectivity index (χ4n) is 2.92. The van der Waals surface area contributed by atoms with Crippen LogP contribution in [0.15, 0.2) is 53.8 Å². The minimum Gasteiger partial charge on any atom is -0.480 e. The smallest absolute Gasteiger partial charge is 0.323 e. The maximum absolute atomic E-state index is 14.3. The standard InChI is InChI=1S/C20H12F2N4O3S2/c21-13-3-4-15(14(22)7-13)26-9-12(18(24-26)11-2-1-5-23-8-11)6-16-19(29)25(10-17(27)28)20(30)31-16/h1-9H,10H2,(H,27,28)/b16-6+. The Balaban J connectivity index is 1.81. The van der Waals surface area contributed by atoms with Crippen molar-refractivity contribution in [3.8, 4) is 16.9 Å². The predicted octanol–water partition coefficient (Wildman–Crippen LogP) is 3.50. The number of aromatic nitrogens is 3. The van der Waals surface area contributed by atoms with Crippen molar-refractivity contribution in [2.75, 3.05) is 6.54 Å². The molecule has 0 radical (unpaired) electrons. The monoisotopic (exact) mass is 458 g/mol. The molecular weight excluding hydrogens is 446 g/mol. The summed E-state index contributed by atoms with van der Waals surface area (Å²) in [5.41, 5.74) is 1.48. The summed E-state index contributed by atoms with van der Waals surface area (Å²) in [7, 11) is 0. The van der Waals surface area contributed by atoms with Crippen molar-refractivity contribution < 1.29 is 23.5 Å². The molecule has 4 rings (SSSR count). The maximum Gasteiger partial charge on any atom is 0.323 e. The summed E-state index contributed by atoms with van der Waals surface area (Å²) in [5.74, 6) is -3.26. The molecule has 0 aliphatic carbocycles. The van der Waals surface area contributed by atoms with E-state index in [1.807, 2.05) is 0 Å². The van der Waals surface area contributed by atoms with E-state index < -0.39 is 30.1 Å². The Kier molecular flexibility index (Phi) is 5.61. The number of amides is 1. The number of hydrogen-bond donors (Lipinski definition) is 1. The van der Waals surface area contributed by atoms with Crippen molar-refractivity contribution in [3.05, 3.63) is 71.0 Å². The molecule has 0 saturated carbocycles. The van der Waals surface area contributed by atoms with E-state index in [1.54, 1.807) is 24.5 Å². The first-order valence-electron chi connectivity index (χ1n) is 8.76. The molecule has 0 atom stereocenters. The normalized spacial score (nSPS) is 15.2. The second kappa shape index (κ2) is 8.36.